The quantitative estimate of drug-likeness (QED) is 0.742. The van der Waals surface area contributed by atoms with Gasteiger partial charge in [0, 0.05) is 6.42 Å². The summed E-state index contributed by atoms with van der Waals surface area (Å²) in [5.41, 5.74) is 0.922. The number of carbonyl (C=O) groups excluding carboxylic acids is 1. The molecule has 17 heavy (non-hydrogen) atoms. The van der Waals surface area contributed by atoms with Crippen LogP contribution in [0.1, 0.15) is 24.5 Å². The monoisotopic (exact) mass is 234 g/mol. The molecule has 2 fully saturated rings. The standard InChI is InChI=1S/C13H14O4/c14-10-7-6-9-13(17-10)11(15)12(16-9)8-4-2-1-3-5-8/h1-5,9,11-13,15H,6-7H2. The van der Waals surface area contributed by atoms with E-state index in [4.69, 9.17) is 9.47 Å². The fourth-order valence-corrected chi connectivity index (χ4v) is 2.51. The number of benzene rings is 1. The zero-order valence-corrected chi connectivity index (χ0v) is 9.28. The van der Waals surface area contributed by atoms with Crippen molar-refractivity contribution in [1.29, 1.82) is 0 Å². The molecule has 0 bridgehead atoms. The van der Waals surface area contributed by atoms with Crippen LogP contribution in [-0.4, -0.2) is 29.4 Å². The summed E-state index contributed by atoms with van der Waals surface area (Å²) in [6, 6.07) is 9.54. The van der Waals surface area contributed by atoms with Crippen molar-refractivity contribution in [2.75, 3.05) is 0 Å². The molecule has 4 nitrogen and oxygen atoms in total. The second kappa shape index (κ2) is 4.13. The zero-order valence-electron chi connectivity index (χ0n) is 9.28. The molecule has 2 heterocycles. The third-order valence-corrected chi connectivity index (χ3v) is 3.36. The average Bonchev–Trinajstić information content (AvgIpc) is 2.68. The van der Waals surface area contributed by atoms with Gasteiger partial charge in [-0.2, -0.15) is 0 Å². The number of hydrogen-bond donors (Lipinski definition) is 1. The summed E-state index contributed by atoms with van der Waals surface area (Å²) in [4.78, 5) is 11.2. The van der Waals surface area contributed by atoms with Crippen LogP contribution in [0.3, 0.4) is 0 Å². The summed E-state index contributed by atoms with van der Waals surface area (Å²) in [5, 5.41) is 10.2. The molecule has 1 N–H and O–H groups in total. The van der Waals surface area contributed by atoms with Crippen molar-refractivity contribution in [2.24, 2.45) is 0 Å². The van der Waals surface area contributed by atoms with E-state index >= 15 is 0 Å². The van der Waals surface area contributed by atoms with E-state index in [-0.39, 0.29) is 12.1 Å². The van der Waals surface area contributed by atoms with E-state index in [1.807, 2.05) is 30.3 Å². The Kier molecular flexibility index (Phi) is 2.61. The maximum atomic E-state index is 11.2. The van der Waals surface area contributed by atoms with E-state index in [0.717, 1.165) is 5.56 Å². The van der Waals surface area contributed by atoms with Gasteiger partial charge in [0.25, 0.3) is 0 Å². The molecule has 2 aliphatic heterocycles. The van der Waals surface area contributed by atoms with Crippen LogP contribution in [0.15, 0.2) is 30.3 Å². The van der Waals surface area contributed by atoms with Gasteiger partial charge in [0.1, 0.15) is 12.2 Å². The van der Waals surface area contributed by atoms with Crippen LogP contribution in [0.2, 0.25) is 0 Å². The Morgan fingerprint density at radius 1 is 1.24 bits per heavy atom. The number of carbonyl (C=O) groups is 1. The molecular formula is C13H14O4. The normalized spacial score (nSPS) is 36.4. The number of fused-ring (bicyclic) bond motifs is 1. The largest absolute Gasteiger partial charge is 0.457 e. The van der Waals surface area contributed by atoms with Gasteiger partial charge in [-0.1, -0.05) is 30.3 Å². The van der Waals surface area contributed by atoms with Crippen LogP contribution in [0.4, 0.5) is 0 Å². The van der Waals surface area contributed by atoms with Crippen molar-refractivity contribution in [3.05, 3.63) is 35.9 Å². The maximum absolute atomic E-state index is 11.2. The van der Waals surface area contributed by atoms with E-state index in [2.05, 4.69) is 0 Å². The van der Waals surface area contributed by atoms with Gasteiger partial charge in [0.15, 0.2) is 6.10 Å². The second-order valence-corrected chi connectivity index (χ2v) is 4.49. The first kappa shape index (κ1) is 10.7. The summed E-state index contributed by atoms with van der Waals surface area (Å²) in [6.07, 6.45) is -0.850. The van der Waals surface area contributed by atoms with Crippen molar-refractivity contribution in [3.63, 3.8) is 0 Å². The highest BCUT2D eigenvalue weighted by Crippen LogP contribution is 2.38. The smallest absolute Gasteiger partial charge is 0.306 e. The Labute approximate surface area is 99.2 Å². The minimum absolute atomic E-state index is 0.173. The third kappa shape index (κ3) is 1.83. The lowest BCUT2D eigenvalue weighted by molar-refractivity contribution is -0.162. The van der Waals surface area contributed by atoms with E-state index in [9.17, 15) is 9.90 Å². The van der Waals surface area contributed by atoms with E-state index in [0.29, 0.717) is 12.8 Å². The number of esters is 1. The van der Waals surface area contributed by atoms with E-state index in [1.54, 1.807) is 0 Å². The van der Waals surface area contributed by atoms with Gasteiger partial charge in [-0.15, -0.1) is 0 Å². The predicted octanol–water partition coefficient (Wildman–Crippen LogP) is 1.19. The summed E-state index contributed by atoms with van der Waals surface area (Å²) < 4.78 is 10.9. The molecule has 0 radical (unpaired) electrons. The lowest BCUT2D eigenvalue weighted by Crippen LogP contribution is -2.39. The first-order valence-electron chi connectivity index (χ1n) is 5.83. The maximum Gasteiger partial charge on any atom is 0.306 e. The number of aliphatic hydroxyl groups excluding tert-OH is 1. The first-order valence-corrected chi connectivity index (χ1v) is 5.83. The summed E-state index contributed by atoms with van der Waals surface area (Å²) in [7, 11) is 0. The van der Waals surface area contributed by atoms with Gasteiger partial charge in [0.2, 0.25) is 0 Å². The van der Waals surface area contributed by atoms with Crippen LogP contribution in [-0.2, 0) is 14.3 Å². The number of hydrogen-bond acceptors (Lipinski definition) is 4. The molecule has 0 amide bonds. The summed E-state index contributed by atoms with van der Waals surface area (Å²) in [5.74, 6) is -0.248. The van der Waals surface area contributed by atoms with Gasteiger partial charge in [-0.05, 0) is 12.0 Å². The molecule has 2 aliphatic rings. The van der Waals surface area contributed by atoms with Crippen molar-refractivity contribution in [2.45, 2.75) is 37.3 Å². The molecule has 0 aromatic heterocycles. The van der Waals surface area contributed by atoms with Crippen molar-refractivity contribution in [1.82, 2.24) is 0 Å². The molecule has 2 saturated heterocycles. The average molecular weight is 234 g/mol. The lowest BCUT2D eigenvalue weighted by Gasteiger charge is -2.24. The number of rotatable bonds is 1. The Morgan fingerprint density at radius 3 is 2.76 bits per heavy atom. The molecule has 0 aliphatic carbocycles. The molecule has 1 aromatic carbocycles. The van der Waals surface area contributed by atoms with Crippen LogP contribution in [0.5, 0.6) is 0 Å². The molecule has 3 rings (SSSR count). The topological polar surface area (TPSA) is 55.8 Å². The number of aliphatic hydroxyl groups is 1. The molecule has 4 unspecified atom stereocenters. The van der Waals surface area contributed by atoms with Gasteiger partial charge in [0.05, 0.1) is 6.10 Å². The first-order chi connectivity index (χ1) is 8.25. The Hall–Kier alpha value is -1.39. The molecule has 4 atom stereocenters. The zero-order chi connectivity index (χ0) is 11.8. The minimum Gasteiger partial charge on any atom is -0.457 e. The Bertz CT molecular complexity index is 417. The van der Waals surface area contributed by atoms with Gasteiger partial charge in [-0.25, -0.2) is 0 Å². The van der Waals surface area contributed by atoms with Crippen LogP contribution in [0, 0.1) is 0 Å². The minimum atomic E-state index is -0.772. The highest BCUT2D eigenvalue weighted by atomic mass is 16.6. The fraction of sp³-hybridized carbons (Fsp3) is 0.462. The van der Waals surface area contributed by atoms with Crippen molar-refractivity contribution < 1.29 is 19.4 Å². The third-order valence-electron chi connectivity index (χ3n) is 3.36. The molecule has 1 aromatic rings. The van der Waals surface area contributed by atoms with Crippen molar-refractivity contribution >= 4 is 5.97 Å². The molecule has 4 heteroatoms. The summed E-state index contributed by atoms with van der Waals surface area (Å²) in [6.45, 7) is 0. The highest BCUT2D eigenvalue weighted by molar-refractivity contribution is 5.70. The van der Waals surface area contributed by atoms with Crippen LogP contribution < -0.4 is 0 Å². The highest BCUT2D eigenvalue weighted by Gasteiger charge is 2.48. The molecule has 0 saturated carbocycles. The fourth-order valence-electron chi connectivity index (χ4n) is 2.51. The number of ether oxygens (including phenoxy) is 2. The van der Waals surface area contributed by atoms with E-state index in [1.165, 1.54) is 0 Å². The molecular weight excluding hydrogens is 220 g/mol. The van der Waals surface area contributed by atoms with Gasteiger partial charge < -0.3 is 14.6 Å². The summed E-state index contributed by atoms with van der Waals surface area (Å²) >= 11 is 0. The van der Waals surface area contributed by atoms with E-state index < -0.39 is 18.3 Å². The lowest BCUT2D eigenvalue weighted by atomic mass is 9.98. The van der Waals surface area contributed by atoms with Crippen LogP contribution >= 0.6 is 0 Å². The van der Waals surface area contributed by atoms with Gasteiger partial charge in [-0.3, -0.25) is 4.79 Å². The Morgan fingerprint density at radius 2 is 2.00 bits per heavy atom. The SMILES string of the molecule is O=C1CCC2OC(c3ccccc3)C(O)C2O1. The van der Waals surface area contributed by atoms with Gasteiger partial charge >= 0.3 is 5.97 Å². The molecule has 90 valence electrons. The van der Waals surface area contributed by atoms with Crippen molar-refractivity contribution in [3.8, 4) is 0 Å². The molecule has 0 spiro atoms. The Balaban J connectivity index is 1.83. The predicted molar refractivity (Wildman–Crippen MR) is 59.2 cm³/mol. The second-order valence-electron chi connectivity index (χ2n) is 4.49. The van der Waals surface area contributed by atoms with Crippen LogP contribution in [0.25, 0.3) is 0 Å².